The van der Waals surface area contributed by atoms with Gasteiger partial charge in [-0.25, -0.2) is 9.59 Å². The highest BCUT2D eigenvalue weighted by atomic mass is 16.5. The molecule has 7 nitrogen and oxygen atoms in total. The molecule has 0 aromatic heterocycles. The molecule has 0 spiro atoms. The molecule has 0 heterocycles. The van der Waals surface area contributed by atoms with Crippen molar-refractivity contribution in [1.29, 1.82) is 0 Å². The Bertz CT molecular complexity index is 423. The fourth-order valence-corrected chi connectivity index (χ4v) is 1.25. The average molecular weight is 299 g/mol. The quantitative estimate of drug-likeness (QED) is 0.504. The maximum absolute atomic E-state index is 9.10. The summed E-state index contributed by atoms with van der Waals surface area (Å²) in [6.45, 7) is 5.19. The Hall–Kier alpha value is -2.12. The first-order chi connectivity index (χ1) is 9.99. The van der Waals surface area contributed by atoms with Crippen LogP contribution in [-0.2, 0) is 14.3 Å². The van der Waals surface area contributed by atoms with Crippen LogP contribution in [0, 0.1) is 6.92 Å². The Balaban J connectivity index is 0.000000567. The summed E-state index contributed by atoms with van der Waals surface area (Å²) in [7, 11) is 1.70. The Kier molecular flexibility index (Phi) is 10.5. The highest BCUT2D eigenvalue weighted by molar-refractivity contribution is 6.27. The number of aliphatic carboxylic acids is 2. The van der Waals surface area contributed by atoms with Crippen LogP contribution in [0.25, 0.3) is 0 Å². The summed E-state index contributed by atoms with van der Waals surface area (Å²) in [6, 6.07) is 8.04. The highest BCUT2D eigenvalue weighted by Crippen LogP contribution is 2.15. The lowest BCUT2D eigenvalue weighted by molar-refractivity contribution is -0.159. The third kappa shape index (κ3) is 10.3. The average Bonchev–Trinajstić information content (AvgIpc) is 2.45. The number of carboxylic acids is 2. The molecule has 0 atom stereocenters. The second-order valence-corrected chi connectivity index (χ2v) is 3.97. The number of benzene rings is 1. The van der Waals surface area contributed by atoms with Crippen molar-refractivity contribution in [3.05, 3.63) is 29.8 Å². The van der Waals surface area contributed by atoms with Crippen molar-refractivity contribution in [3.63, 3.8) is 0 Å². The van der Waals surface area contributed by atoms with E-state index in [0.29, 0.717) is 6.61 Å². The molecule has 0 saturated carbocycles. The summed E-state index contributed by atoms with van der Waals surface area (Å²) in [6.07, 6.45) is 0. The number of carboxylic acid groups (broad SMARTS) is 2. The van der Waals surface area contributed by atoms with Crippen LogP contribution in [0.2, 0.25) is 0 Å². The summed E-state index contributed by atoms with van der Waals surface area (Å²) in [4.78, 5) is 18.2. The molecule has 0 bridgehead atoms. The van der Waals surface area contributed by atoms with Crippen molar-refractivity contribution in [1.82, 2.24) is 5.32 Å². The number of para-hydroxylation sites is 1. The third-order valence-corrected chi connectivity index (χ3v) is 2.30. The van der Waals surface area contributed by atoms with E-state index in [1.54, 1.807) is 7.11 Å². The van der Waals surface area contributed by atoms with E-state index in [-0.39, 0.29) is 0 Å². The lowest BCUT2D eigenvalue weighted by Gasteiger charge is -2.09. The fraction of sp³-hybridized carbons (Fsp3) is 0.429. The zero-order chi connectivity index (χ0) is 16.1. The number of carbonyl (C=O) groups is 2. The Morgan fingerprint density at radius 2 is 1.67 bits per heavy atom. The van der Waals surface area contributed by atoms with E-state index in [1.807, 2.05) is 31.2 Å². The monoisotopic (exact) mass is 299 g/mol. The smallest absolute Gasteiger partial charge is 0.414 e. The minimum atomic E-state index is -1.82. The van der Waals surface area contributed by atoms with Gasteiger partial charge in [-0.1, -0.05) is 18.2 Å². The van der Waals surface area contributed by atoms with Gasteiger partial charge in [0, 0.05) is 20.2 Å². The van der Waals surface area contributed by atoms with Crippen molar-refractivity contribution in [3.8, 4) is 5.75 Å². The maximum atomic E-state index is 9.10. The summed E-state index contributed by atoms with van der Waals surface area (Å²) in [5, 5.41) is 18.0. The van der Waals surface area contributed by atoms with Crippen LogP contribution in [0.1, 0.15) is 5.56 Å². The third-order valence-electron chi connectivity index (χ3n) is 2.30. The van der Waals surface area contributed by atoms with E-state index < -0.39 is 11.9 Å². The maximum Gasteiger partial charge on any atom is 0.414 e. The number of hydrogen-bond acceptors (Lipinski definition) is 5. The van der Waals surface area contributed by atoms with E-state index in [2.05, 4.69) is 5.32 Å². The van der Waals surface area contributed by atoms with Crippen molar-refractivity contribution >= 4 is 11.9 Å². The SMILES string of the molecule is COCCNCCOc1ccccc1C.O=C(O)C(=O)O. The molecule has 1 aromatic rings. The van der Waals surface area contributed by atoms with E-state index in [9.17, 15) is 0 Å². The first-order valence-electron chi connectivity index (χ1n) is 6.33. The highest BCUT2D eigenvalue weighted by Gasteiger charge is 2.04. The second-order valence-electron chi connectivity index (χ2n) is 3.97. The standard InChI is InChI=1S/C12H19NO2.C2H2O4/c1-11-5-3-4-6-12(11)15-10-8-13-7-9-14-2;3-1(4)2(5)6/h3-6,13H,7-10H2,1-2H3;(H,3,4)(H,5,6). The fourth-order valence-electron chi connectivity index (χ4n) is 1.25. The van der Waals surface area contributed by atoms with Gasteiger partial charge in [0.2, 0.25) is 0 Å². The molecule has 0 fully saturated rings. The molecule has 0 radical (unpaired) electrons. The molecule has 1 rings (SSSR count). The number of rotatable bonds is 7. The predicted octanol–water partition coefficient (Wildman–Crippen LogP) is 0.765. The molecule has 0 saturated heterocycles. The van der Waals surface area contributed by atoms with Gasteiger partial charge >= 0.3 is 11.9 Å². The van der Waals surface area contributed by atoms with Gasteiger partial charge in [-0.3, -0.25) is 0 Å². The Labute approximate surface area is 123 Å². The number of hydrogen-bond donors (Lipinski definition) is 3. The number of ether oxygens (including phenoxy) is 2. The Morgan fingerprint density at radius 3 is 2.19 bits per heavy atom. The van der Waals surface area contributed by atoms with Crippen molar-refractivity contribution in [2.45, 2.75) is 6.92 Å². The molecular formula is C14H21NO6. The first-order valence-corrected chi connectivity index (χ1v) is 6.33. The van der Waals surface area contributed by atoms with Crippen LogP contribution in [0.15, 0.2) is 24.3 Å². The van der Waals surface area contributed by atoms with Crippen LogP contribution in [0.5, 0.6) is 5.75 Å². The van der Waals surface area contributed by atoms with Gasteiger partial charge in [0.25, 0.3) is 0 Å². The lowest BCUT2D eigenvalue weighted by Crippen LogP contribution is -2.24. The predicted molar refractivity (Wildman–Crippen MR) is 76.7 cm³/mol. The molecule has 118 valence electrons. The molecule has 0 amide bonds. The molecule has 3 N–H and O–H groups in total. The second kappa shape index (κ2) is 11.7. The van der Waals surface area contributed by atoms with Crippen LogP contribution in [0.4, 0.5) is 0 Å². The molecule has 0 unspecified atom stereocenters. The molecule has 7 heteroatoms. The van der Waals surface area contributed by atoms with Gasteiger partial charge in [-0.05, 0) is 18.6 Å². The van der Waals surface area contributed by atoms with Gasteiger partial charge < -0.3 is 25.0 Å². The zero-order valence-corrected chi connectivity index (χ0v) is 12.2. The molecule has 0 aliphatic heterocycles. The summed E-state index contributed by atoms with van der Waals surface area (Å²) in [5.41, 5.74) is 1.18. The van der Waals surface area contributed by atoms with E-state index >= 15 is 0 Å². The van der Waals surface area contributed by atoms with Gasteiger partial charge in [0.05, 0.1) is 6.61 Å². The minimum Gasteiger partial charge on any atom is -0.492 e. The first kappa shape index (κ1) is 18.9. The van der Waals surface area contributed by atoms with E-state index in [4.69, 9.17) is 29.3 Å². The largest absolute Gasteiger partial charge is 0.492 e. The van der Waals surface area contributed by atoms with E-state index in [0.717, 1.165) is 25.4 Å². The van der Waals surface area contributed by atoms with Crippen molar-refractivity contribution in [2.24, 2.45) is 0 Å². The Morgan fingerprint density at radius 1 is 1.10 bits per heavy atom. The van der Waals surface area contributed by atoms with Crippen molar-refractivity contribution < 1.29 is 29.3 Å². The van der Waals surface area contributed by atoms with Gasteiger partial charge in [-0.2, -0.15) is 0 Å². The lowest BCUT2D eigenvalue weighted by atomic mass is 10.2. The van der Waals surface area contributed by atoms with Crippen LogP contribution in [-0.4, -0.2) is 55.6 Å². The van der Waals surface area contributed by atoms with Crippen LogP contribution >= 0.6 is 0 Å². The zero-order valence-electron chi connectivity index (χ0n) is 12.2. The van der Waals surface area contributed by atoms with Crippen LogP contribution < -0.4 is 10.1 Å². The molecule has 1 aromatic carbocycles. The molecule has 0 aliphatic carbocycles. The minimum absolute atomic E-state index is 0.689. The van der Waals surface area contributed by atoms with Crippen molar-refractivity contribution in [2.75, 3.05) is 33.4 Å². The number of methoxy groups -OCH3 is 1. The van der Waals surface area contributed by atoms with Gasteiger partial charge in [-0.15, -0.1) is 0 Å². The number of nitrogens with one attached hydrogen (secondary N) is 1. The number of aryl methyl sites for hydroxylation is 1. The normalized spacial score (nSPS) is 9.43. The summed E-state index contributed by atoms with van der Waals surface area (Å²) in [5.74, 6) is -2.68. The molecule has 21 heavy (non-hydrogen) atoms. The topological polar surface area (TPSA) is 105 Å². The van der Waals surface area contributed by atoms with E-state index in [1.165, 1.54) is 5.56 Å². The summed E-state index contributed by atoms with van der Waals surface area (Å²) < 4.78 is 10.5. The summed E-state index contributed by atoms with van der Waals surface area (Å²) >= 11 is 0. The molecular weight excluding hydrogens is 278 g/mol. The van der Waals surface area contributed by atoms with Gasteiger partial charge in [0.15, 0.2) is 0 Å². The molecule has 0 aliphatic rings. The van der Waals surface area contributed by atoms with Crippen LogP contribution in [0.3, 0.4) is 0 Å². The van der Waals surface area contributed by atoms with Gasteiger partial charge in [0.1, 0.15) is 12.4 Å².